The number of carbonyl (C=O) groups is 1. The number of piperidine rings is 1. The van der Waals surface area contributed by atoms with Gasteiger partial charge in [0.25, 0.3) is 0 Å². The molecule has 1 amide bonds. The van der Waals surface area contributed by atoms with Crippen LogP contribution >= 0.6 is 0 Å². The lowest BCUT2D eigenvalue weighted by molar-refractivity contribution is -0.118. The van der Waals surface area contributed by atoms with Crippen LogP contribution in [0.2, 0.25) is 0 Å². The van der Waals surface area contributed by atoms with Crippen LogP contribution in [0.3, 0.4) is 0 Å². The normalized spacial score (nSPS) is 24.3. The monoisotopic (exact) mass is 344 g/mol. The van der Waals surface area contributed by atoms with E-state index in [0.717, 1.165) is 0 Å². The quantitative estimate of drug-likeness (QED) is 0.809. The number of anilines is 1. The first-order valence-electron chi connectivity index (χ1n) is 7.62. The summed E-state index contributed by atoms with van der Waals surface area (Å²) in [5.74, 6) is 0.947. The van der Waals surface area contributed by atoms with Gasteiger partial charge < -0.3 is 15.2 Å². The van der Waals surface area contributed by atoms with Crippen molar-refractivity contribution >= 4 is 21.7 Å². The van der Waals surface area contributed by atoms with Gasteiger partial charge in [-0.25, -0.2) is 12.7 Å². The summed E-state index contributed by atoms with van der Waals surface area (Å²) in [6.07, 6.45) is 1.90. The molecule has 0 saturated carbocycles. The maximum absolute atomic E-state index is 12.2. The number of aryl methyl sites for hydroxylation is 1. The van der Waals surface area contributed by atoms with E-state index in [9.17, 15) is 13.2 Å². The molecule has 1 aliphatic heterocycles. The highest BCUT2D eigenvalue weighted by molar-refractivity contribution is 7.88. The largest absolute Gasteiger partial charge is 0.360 e. The molecular weight excluding hydrogens is 320 g/mol. The third-order valence-electron chi connectivity index (χ3n) is 4.07. The fraction of sp³-hybridized carbons (Fsp3) is 0.714. The van der Waals surface area contributed by atoms with E-state index in [4.69, 9.17) is 4.52 Å². The maximum Gasteiger partial charge on any atom is 0.242 e. The number of amides is 1. The molecule has 0 aliphatic carbocycles. The number of hydrogen-bond acceptors (Lipinski definition) is 6. The van der Waals surface area contributed by atoms with Crippen molar-refractivity contribution in [2.75, 3.05) is 24.7 Å². The van der Waals surface area contributed by atoms with Gasteiger partial charge in [0.05, 0.1) is 12.3 Å². The van der Waals surface area contributed by atoms with Crippen LogP contribution in [-0.4, -0.2) is 55.2 Å². The number of rotatable bonds is 5. The van der Waals surface area contributed by atoms with Crippen LogP contribution in [0.5, 0.6) is 0 Å². The van der Waals surface area contributed by atoms with Gasteiger partial charge >= 0.3 is 0 Å². The summed E-state index contributed by atoms with van der Waals surface area (Å²) in [6, 6.07) is 1.33. The SMILES string of the molecule is Cc1cc(NC(=O)[C@H](C)N[C@H]2CCN(S(C)(=O)=O)C[C@@H]2C)no1. The van der Waals surface area contributed by atoms with Crippen molar-refractivity contribution in [3.63, 3.8) is 0 Å². The van der Waals surface area contributed by atoms with Crippen molar-refractivity contribution in [2.45, 2.75) is 39.3 Å². The number of nitrogens with zero attached hydrogens (tertiary/aromatic N) is 2. The van der Waals surface area contributed by atoms with Crippen LogP contribution in [0.4, 0.5) is 5.82 Å². The van der Waals surface area contributed by atoms with Gasteiger partial charge in [0, 0.05) is 25.2 Å². The zero-order valence-corrected chi connectivity index (χ0v) is 14.7. The van der Waals surface area contributed by atoms with Crippen LogP contribution in [-0.2, 0) is 14.8 Å². The summed E-state index contributed by atoms with van der Waals surface area (Å²) in [5, 5.41) is 9.69. The Kier molecular flexibility index (Phi) is 5.43. The summed E-state index contributed by atoms with van der Waals surface area (Å²) >= 11 is 0. The van der Waals surface area contributed by atoms with E-state index in [1.54, 1.807) is 19.9 Å². The molecule has 1 aromatic rings. The molecule has 1 aliphatic rings. The molecule has 0 aromatic carbocycles. The van der Waals surface area contributed by atoms with Crippen molar-refractivity contribution in [3.8, 4) is 0 Å². The molecule has 1 saturated heterocycles. The summed E-state index contributed by atoms with van der Waals surface area (Å²) in [6.45, 7) is 6.45. The number of sulfonamides is 1. The molecule has 2 N–H and O–H groups in total. The number of carbonyl (C=O) groups excluding carboxylic acids is 1. The Bertz CT molecular complexity index is 657. The van der Waals surface area contributed by atoms with Crippen molar-refractivity contribution in [1.82, 2.24) is 14.8 Å². The Morgan fingerprint density at radius 3 is 2.74 bits per heavy atom. The Morgan fingerprint density at radius 2 is 2.22 bits per heavy atom. The van der Waals surface area contributed by atoms with E-state index < -0.39 is 16.1 Å². The Balaban J connectivity index is 1.88. The summed E-state index contributed by atoms with van der Waals surface area (Å²) in [5.41, 5.74) is 0. The fourth-order valence-electron chi connectivity index (χ4n) is 2.71. The summed E-state index contributed by atoms with van der Waals surface area (Å²) in [4.78, 5) is 12.2. The Labute approximate surface area is 136 Å². The third kappa shape index (κ3) is 4.76. The highest BCUT2D eigenvalue weighted by Crippen LogP contribution is 2.19. The molecule has 0 unspecified atom stereocenters. The first kappa shape index (κ1) is 17.9. The van der Waals surface area contributed by atoms with Gasteiger partial charge in [-0.15, -0.1) is 0 Å². The second-order valence-corrected chi connectivity index (χ2v) is 8.18. The topological polar surface area (TPSA) is 105 Å². The standard InChI is InChI=1S/C14H24N4O4S/c1-9-8-18(23(4,20)21)6-5-12(9)15-11(3)14(19)16-13-7-10(2)22-17-13/h7,9,11-12,15H,5-6,8H2,1-4H3,(H,16,17,19)/t9-,11-,12-/m0/s1. The molecule has 0 bridgehead atoms. The highest BCUT2D eigenvalue weighted by Gasteiger charge is 2.32. The molecule has 130 valence electrons. The van der Waals surface area contributed by atoms with E-state index in [2.05, 4.69) is 15.8 Å². The molecule has 0 spiro atoms. The smallest absolute Gasteiger partial charge is 0.242 e. The van der Waals surface area contributed by atoms with Gasteiger partial charge in [-0.1, -0.05) is 12.1 Å². The lowest BCUT2D eigenvalue weighted by Crippen LogP contribution is -2.53. The van der Waals surface area contributed by atoms with E-state index >= 15 is 0 Å². The lowest BCUT2D eigenvalue weighted by Gasteiger charge is -2.37. The van der Waals surface area contributed by atoms with E-state index in [-0.39, 0.29) is 17.9 Å². The van der Waals surface area contributed by atoms with Gasteiger partial charge in [-0.2, -0.15) is 0 Å². The van der Waals surface area contributed by atoms with Gasteiger partial charge in [0.2, 0.25) is 15.9 Å². The Hall–Kier alpha value is -1.45. The van der Waals surface area contributed by atoms with Crippen LogP contribution in [0.15, 0.2) is 10.6 Å². The molecular formula is C14H24N4O4S. The van der Waals surface area contributed by atoms with Crippen LogP contribution in [0.1, 0.15) is 26.0 Å². The van der Waals surface area contributed by atoms with Crippen LogP contribution in [0, 0.1) is 12.8 Å². The summed E-state index contributed by atoms with van der Waals surface area (Å²) < 4.78 is 29.6. The zero-order valence-electron chi connectivity index (χ0n) is 13.9. The van der Waals surface area contributed by atoms with Crippen LogP contribution < -0.4 is 10.6 Å². The van der Waals surface area contributed by atoms with Gasteiger partial charge in [-0.3, -0.25) is 4.79 Å². The fourth-order valence-corrected chi connectivity index (χ4v) is 3.66. The molecule has 23 heavy (non-hydrogen) atoms. The van der Waals surface area contributed by atoms with Gasteiger partial charge in [0.15, 0.2) is 5.82 Å². The highest BCUT2D eigenvalue weighted by atomic mass is 32.2. The predicted octanol–water partition coefficient (Wildman–Crippen LogP) is 0.570. The van der Waals surface area contributed by atoms with E-state index in [1.807, 2.05) is 6.92 Å². The minimum absolute atomic E-state index is 0.0906. The Morgan fingerprint density at radius 1 is 1.52 bits per heavy atom. The zero-order chi connectivity index (χ0) is 17.2. The second kappa shape index (κ2) is 6.98. The molecule has 3 atom stereocenters. The molecule has 1 fully saturated rings. The van der Waals surface area contributed by atoms with Crippen molar-refractivity contribution in [3.05, 3.63) is 11.8 Å². The molecule has 2 heterocycles. The number of aromatic nitrogens is 1. The van der Waals surface area contributed by atoms with Gasteiger partial charge in [-0.05, 0) is 26.2 Å². The number of nitrogens with one attached hydrogen (secondary N) is 2. The molecule has 2 rings (SSSR count). The first-order valence-corrected chi connectivity index (χ1v) is 9.47. The molecule has 0 radical (unpaired) electrons. The van der Waals surface area contributed by atoms with Gasteiger partial charge in [0.1, 0.15) is 5.76 Å². The molecule has 9 heteroatoms. The lowest BCUT2D eigenvalue weighted by atomic mass is 9.94. The second-order valence-electron chi connectivity index (χ2n) is 6.19. The average Bonchev–Trinajstić information content (AvgIpc) is 2.85. The van der Waals surface area contributed by atoms with Crippen LogP contribution in [0.25, 0.3) is 0 Å². The van der Waals surface area contributed by atoms with Crippen molar-refractivity contribution in [1.29, 1.82) is 0 Å². The maximum atomic E-state index is 12.2. The van der Waals surface area contributed by atoms with Crippen molar-refractivity contribution in [2.24, 2.45) is 5.92 Å². The molecule has 8 nitrogen and oxygen atoms in total. The van der Waals surface area contributed by atoms with Crippen molar-refractivity contribution < 1.29 is 17.7 Å². The van der Waals surface area contributed by atoms with E-state index in [0.29, 0.717) is 31.1 Å². The predicted molar refractivity (Wildman–Crippen MR) is 86.5 cm³/mol. The number of hydrogen-bond donors (Lipinski definition) is 2. The van der Waals surface area contributed by atoms with E-state index in [1.165, 1.54) is 10.6 Å². The minimum atomic E-state index is -3.16. The summed E-state index contributed by atoms with van der Waals surface area (Å²) in [7, 11) is -3.16. The third-order valence-corrected chi connectivity index (χ3v) is 5.34. The molecule has 1 aromatic heterocycles. The minimum Gasteiger partial charge on any atom is -0.360 e. The first-order chi connectivity index (χ1) is 10.7. The average molecular weight is 344 g/mol.